The maximum atomic E-state index is 13.2. The van der Waals surface area contributed by atoms with E-state index in [9.17, 15) is 38.7 Å². The van der Waals surface area contributed by atoms with E-state index in [0.29, 0.717) is 64.1 Å². The van der Waals surface area contributed by atoms with Crippen molar-refractivity contribution in [2.45, 2.75) is 94.0 Å². The van der Waals surface area contributed by atoms with E-state index in [1.165, 1.54) is 12.1 Å². The summed E-state index contributed by atoms with van der Waals surface area (Å²) in [6.45, 7) is 2.59. The van der Waals surface area contributed by atoms with Gasteiger partial charge in [-0.15, -0.1) is 0 Å². The zero-order valence-corrected chi connectivity index (χ0v) is 35.1. The summed E-state index contributed by atoms with van der Waals surface area (Å²) in [7, 11) is 0. The summed E-state index contributed by atoms with van der Waals surface area (Å²) >= 11 is 4.01. The first-order chi connectivity index (χ1) is 28.6. The molecule has 0 aromatic heterocycles. The average molecular weight is 867 g/mol. The van der Waals surface area contributed by atoms with E-state index >= 15 is 0 Å². The number of nitrogens with one attached hydrogen (secondary N) is 9. The van der Waals surface area contributed by atoms with E-state index in [4.69, 9.17) is 22.3 Å². The van der Waals surface area contributed by atoms with Gasteiger partial charge < -0.3 is 64.6 Å². The number of aromatic hydroxyl groups is 1. The molecule has 1 aliphatic rings. The molecular formula is C38H66N12O9S. The number of primary amides is 1. The van der Waals surface area contributed by atoms with Gasteiger partial charge >= 0.3 is 5.97 Å². The topological polar surface area (TPSA) is 346 Å². The minimum atomic E-state index is -1.05. The Kier molecular flexibility index (Phi) is 24.1. The molecule has 17 N–H and O–H groups in total. The first kappa shape index (κ1) is 51.6. The smallest absolute Gasteiger partial charge is 0.303 e. The third-order valence-electron chi connectivity index (χ3n) is 9.71. The summed E-state index contributed by atoms with van der Waals surface area (Å²) in [5.74, 6) is -3.34. The Hall–Kier alpha value is -4.58. The highest BCUT2D eigenvalue weighted by molar-refractivity contribution is 7.80. The van der Waals surface area contributed by atoms with Gasteiger partial charge in [0.15, 0.2) is 0 Å². The van der Waals surface area contributed by atoms with Crippen LogP contribution in [0.15, 0.2) is 24.3 Å². The summed E-state index contributed by atoms with van der Waals surface area (Å²) in [4.78, 5) is 86.5. The van der Waals surface area contributed by atoms with Crippen LogP contribution in [-0.4, -0.2) is 140 Å². The Morgan fingerprint density at radius 2 is 1.18 bits per heavy atom. The van der Waals surface area contributed by atoms with Crippen LogP contribution in [0, 0.1) is 0 Å². The molecule has 0 radical (unpaired) electrons. The second-order valence-electron chi connectivity index (χ2n) is 14.8. The fourth-order valence-electron chi connectivity index (χ4n) is 6.28. The molecule has 21 nitrogen and oxygen atoms in total. The molecule has 0 aliphatic carbocycles. The second kappa shape index (κ2) is 28.0. The number of unbranched alkanes of at least 4 members (excludes halogenated alkanes) is 2. The van der Waals surface area contributed by atoms with Crippen molar-refractivity contribution in [1.29, 1.82) is 0 Å². The Bertz CT molecular complexity index is 1540. The van der Waals surface area contributed by atoms with Crippen molar-refractivity contribution in [1.82, 2.24) is 47.9 Å². The van der Waals surface area contributed by atoms with Gasteiger partial charge in [-0.25, -0.2) is 0 Å². The molecule has 4 atom stereocenters. The molecule has 0 unspecified atom stereocenters. The number of phenolic OH excluding ortho intramolecular Hbond substituents is 1. The number of carboxylic acid groups (broad SMARTS) is 1. The van der Waals surface area contributed by atoms with Crippen LogP contribution in [0.2, 0.25) is 0 Å². The predicted octanol–water partition coefficient (Wildman–Crippen LogP) is -3.66. The highest BCUT2D eigenvalue weighted by atomic mass is 32.1. The number of carbonyl (C=O) groups excluding carboxylic acids is 6. The molecule has 6 amide bonds. The van der Waals surface area contributed by atoms with E-state index in [1.54, 1.807) is 12.1 Å². The molecule has 60 heavy (non-hydrogen) atoms. The van der Waals surface area contributed by atoms with Gasteiger partial charge in [0, 0.05) is 103 Å². The van der Waals surface area contributed by atoms with Gasteiger partial charge in [0.05, 0.1) is 0 Å². The Balaban J connectivity index is 1.91. The molecule has 1 saturated heterocycles. The first-order valence-electron chi connectivity index (χ1n) is 20.4. The molecule has 0 bridgehead atoms. The zero-order valence-electron chi connectivity index (χ0n) is 34.2. The first-order valence-corrected chi connectivity index (χ1v) is 21.0. The monoisotopic (exact) mass is 866 g/mol. The number of amides is 6. The molecule has 338 valence electrons. The molecule has 1 fully saturated rings. The Morgan fingerprint density at radius 1 is 0.683 bits per heavy atom. The van der Waals surface area contributed by atoms with E-state index < -0.39 is 47.1 Å². The van der Waals surface area contributed by atoms with E-state index in [0.717, 1.165) is 0 Å². The van der Waals surface area contributed by atoms with Crippen LogP contribution >= 0.6 is 12.6 Å². The number of hydrogen-bond acceptors (Lipinski definition) is 15. The van der Waals surface area contributed by atoms with Gasteiger partial charge in [0.2, 0.25) is 35.4 Å². The molecular weight excluding hydrogens is 801 g/mol. The van der Waals surface area contributed by atoms with Gasteiger partial charge in [-0.1, -0.05) is 18.6 Å². The standard InChI is InChI=1S/C38H66N12O9S/c39-22-37(24-42-16-17-43-25-38(23-40,46-19-18-45-37)50-33(55)9-5-10-34(56)57)49-32(54)8-4-7-31(53)47-28(20-26-11-13-27(51)14-12-26)36(59)44-15-3-1-2-6-30(52)48-29(21-60)35(41)58/h11-14,28-29,42-43,45-46,51,60H,1-10,15-25,39-40H2,(H2,41,58)(H,44,59)(H,47,53)(H,48,52)(H,49,54)(H,50,55)(H,56,57)/t28-,29-,37+,38-/m0/s1. The number of nitrogens with two attached hydrogens (primary N) is 3. The summed E-state index contributed by atoms with van der Waals surface area (Å²) in [5, 5.41) is 45.8. The van der Waals surface area contributed by atoms with Crippen molar-refractivity contribution < 1.29 is 43.8 Å². The van der Waals surface area contributed by atoms with Crippen molar-refractivity contribution >= 4 is 54.0 Å². The second-order valence-corrected chi connectivity index (χ2v) is 15.1. The average Bonchev–Trinajstić information content (AvgIpc) is 3.20. The molecule has 0 saturated carbocycles. The SMILES string of the molecule is NC[C@]1(NC(=O)CCCC(=O)O)CNCCNC[C@@](CN)(NC(=O)CCCC(=O)N[C@@H](Cc2ccc(O)cc2)C(=O)NCCCCCC(=O)N[C@@H](CS)C(N)=O)NCCN1. The number of hydrogen-bond donors (Lipinski definition) is 15. The Morgan fingerprint density at radius 3 is 1.68 bits per heavy atom. The number of rotatable bonds is 25. The molecule has 1 aromatic rings. The lowest BCUT2D eigenvalue weighted by molar-refractivity contribution is -0.137. The van der Waals surface area contributed by atoms with Crippen LogP contribution in [0.25, 0.3) is 0 Å². The summed E-state index contributed by atoms with van der Waals surface area (Å²) in [5.41, 5.74) is 16.2. The molecule has 0 spiro atoms. The molecule has 1 heterocycles. The summed E-state index contributed by atoms with van der Waals surface area (Å²) in [6.07, 6.45) is 2.25. The lowest BCUT2D eigenvalue weighted by atomic mass is 10.0. The lowest BCUT2D eigenvalue weighted by Crippen LogP contribution is -2.72. The van der Waals surface area contributed by atoms with Crippen molar-refractivity contribution in [3.63, 3.8) is 0 Å². The molecule has 1 aliphatic heterocycles. The highest BCUT2D eigenvalue weighted by Crippen LogP contribution is 2.12. The van der Waals surface area contributed by atoms with Gasteiger partial charge in [-0.2, -0.15) is 12.6 Å². The van der Waals surface area contributed by atoms with Crippen molar-refractivity contribution in [2.75, 3.05) is 64.7 Å². The number of benzene rings is 1. The van der Waals surface area contributed by atoms with Crippen molar-refractivity contribution in [3.05, 3.63) is 29.8 Å². The van der Waals surface area contributed by atoms with Crippen LogP contribution in [0.5, 0.6) is 5.75 Å². The minimum absolute atomic E-state index is 0.00841. The summed E-state index contributed by atoms with van der Waals surface area (Å²) in [6, 6.07) is 4.49. The van der Waals surface area contributed by atoms with Gasteiger partial charge in [0.25, 0.3) is 0 Å². The summed E-state index contributed by atoms with van der Waals surface area (Å²) < 4.78 is 0. The van der Waals surface area contributed by atoms with Crippen LogP contribution in [0.3, 0.4) is 0 Å². The number of phenols is 1. The fourth-order valence-corrected chi connectivity index (χ4v) is 6.55. The van der Waals surface area contributed by atoms with E-state index in [-0.39, 0.29) is 100 Å². The van der Waals surface area contributed by atoms with Crippen LogP contribution < -0.4 is 65.1 Å². The number of thiol groups is 1. The minimum Gasteiger partial charge on any atom is -0.508 e. The van der Waals surface area contributed by atoms with Crippen molar-refractivity contribution in [2.24, 2.45) is 17.2 Å². The van der Waals surface area contributed by atoms with Crippen LogP contribution in [-0.2, 0) is 40.0 Å². The van der Waals surface area contributed by atoms with E-state index in [2.05, 4.69) is 60.5 Å². The lowest BCUT2D eigenvalue weighted by Gasteiger charge is -2.38. The van der Waals surface area contributed by atoms with Crippen LogP contribution in [0.4, 0.5) is 0 Å². The molecule has 1 aromatic carbocycles. The third kappa shape index (κ3) is 20.6. The van der Waals surface area contributed by atoms with Crippen LogP contribution in [0.1, 0.15) is 69.8 Å². The van der Waals surface area contributed by atoms with Crippen molar-refractivity contribution in [3.8, 4) is 5.75 Å². The normalized spacial score (nSPS) is 19.6. The molecule has 22 heteroatoms. The molecule has 2 rings (SSSR count). The quantitative estimate of drug-likeness (QED) is 0.0333. The maximum Gasteiger partial charge on any atom is 0.303 e. The van der Waals surface area contributed by atoms with Gasteiger partial charge in [0.1, 0.15) is 29.2 Å². The highest BCUT2D eigenvalue weighted by Gasteiger charge is 2.33. The maximum absolute atomic E-state index is 13.2. The number of carbonyl (C=O) groups is 7. The van der Waals surface area contributed by atoms with E-state index in [1.807, 2.05) is 0 Å². The number of carboxylic acids is 1. The predicted molar refractivity (Wildman–Crippen MR) is 227 cm³/mol. The largest absolute Gasteiger partial charge is 0.508 e. The number of aliphatic carboxylic acids is 1. The zero-order chi connectivity index (χ0) is 44.4. The van der Waals surface area contributed by atoms with Gasteiger partial charge in [-0.05, 0) is 43.4 Å². The Labute approximate surface area is 356 Å². The van der Waals surface area contributed by atoms with Gasteiger partial charge in [-0.3, -0.25) is 44.2 Å². The third-order valence-corrected chi connectivity index (χ3v) is 10.1. The fraction of sp³-hybridized carbons (Fsp3) is 0.658.